The minimum Gasteiger partial charge on any atom is -0.455 e. The fourth-order valence-corrected chi connectivity index (χ4v) is 7.32. The molecule has 1 heterocycles. The molecule has 4 rings (SSSR count). The molecule has 0 aromatic heterocycles. The highest BCUT2D eigenvalue weighted by molar-refractivity contribution is 7.87. The van der Waals surface area contributed by atoms with Gasteiger partial charge in [0, 0.05) is 52.4 Å². The monoisotopic (exact) mass is 719 g/mol. The molecule has 0 fully saturated rings. The van der Waals surface area contributed by atoms with Gasteiger partial charge in [0.2, 0.25) is 5.36 Å². The molecule has 1 aliphatic heterocycles. The van der Waals surface area contributed by atoms with Gasteiger partial charge < -0.3 is 9.73 Å². The molecule has 0 saturated heterocycles. The Bertz CT molecular complexity index is 2310. The van der Waals surface area contributed by atoms with Gasteiger partial charge in [-0.15, -0.1) is 0 Å². The Hall–Kier alpha value is -3.43. The lowest BCUT2D eigenvalue weighted by Crippen LogP contribution is -2.77. The Kier molecular flexibility index (Phi) is 10.0. The van der Waals surface area contributed by atoms with Crippen molar-refractivity contribution in [2.45, 2.75) is 36.5 Å². The minimum absolute atomic E-state index is 0.0833. The normalized spacial score (nSPS) is 13.5. The quantitative estimate of drug-likeness (QED) is 0.0685. The summed E-state index contributed by atoms with van der Waals surface area (Å²) in [4.78, 5) is 1.50. The van der Waals surface area contributed by atoms with Gasteiger partial charge in [-0.2, -0.15) is 33.7 Å². The van der Waals surface area contributed by atoms with Crippen molar-refractivity contribution >= 4 is 57.1 Å². The second-order valence-electron chi connectivity index (χ2n) is 10.4. The van der Waals surface area contributed by atoms with Gasteiger partial charge in [0.05, 0.1) is 22.0 Å². The number of hydrogen-bond donors (Lipinski definition) is 6. The van der Waals surface area contributed by atoms with Gasteiger partial charge in [0.25, 0.3) is 40.5 Å². The number of nitrogens with one attached hydrogen (secondary N) is 2. The van der Waals surface area contributed by atoms with Gasteiger partial charge in [-0.05, 0) is 50.6 Å². The Morgan fingerprint density at radius 1 is 0.739 bits per heavy atom. The molecule has 0 spiro atoms. The van der Waals surface area contributed by atoms with E-state index in [-0.39, 0.29) is 48.4 Å². The van der Waals surface area contributed by atoms with Crippen LogP contribution in [0.5, 0.6) is 0 Å². The third-order valence-electron chi connectivity index (χ3n) is 7.14. The van der Waals surface area contributed by atoms with E-state index in [1.807, 2.05) is 0 Å². The van der Waals surface area contributed by atoms with Gasteiger partial charge in [-0.25, -0.2) is 4.99 Å². The molecule has 0 unspecified atom stereocenters. The van der Waals surface area contributed by atoms with Gasteiger partial charge in [0.1, 0.15) is 22.8 Å². The maximum absolute atomic E-state index is 12.6. The molecule has 1 aliphatic carbocycles. The predicted molar refractivity (Wildman–Crippen MR) is 167 cm³/mol. The van der Waals surface area contributed by atoms with Crippen molar-refractivity contribution in [3.05, 3.63) is 58.9 Å². The standard InChI is InChI=1S/C27H30N2O13S4/c1-16-22(28-11-3-13-43(30,31)32)9-7-20-25(19-6-5-18(45(36,37)38)15-24(19)46(39,40)41)21-8-10-23(17(2)27(21)42-26(16)20)29-12-4-14-44(33,34)35/h5-10,15,28H,3-4,11-14H2,1-2H3,(H,30,31,32)(H,33,34,35)(H,36,37,38)(H,39,40,41)/p+1. The Morgan fingerprint density at radius 2 is 1.37 bits per heavy atom. The molecular weight excluding hydrogens is 689 g/mol. The van der Waals surface area contributed by atoms with Crippen LogP contribution in [0.1, 0.15) is 24.0 Å². The van der Waals surface area contributed by atoms with Crippen molar-refractivity contribution in [1.29, 1.82) is 0 Å². The molecule has 250 valence electrons. The van der Waals surface area contributed by atoms with Crippen LogP contribution in [0.15, 0.2) is 56.7 Å². The summed E-state index contributed by atoms with van der Waals surface area (Å²) < 4.78 is 137. The molecule has 19 heteroatoms. The van der Waals surface area contributed by atoms with Crippen LogP contribution in [-0.2, 0) is 40.5 Å². The summed E-state index contributed by atoms with van der Waals surface area (Å²) >= 11 is 0. The van der Waals surface area contributed by atoms with Crippen LogP contribution < -0.4 is 15.7 Å². The molecule has 2 aromatic rings. The topological polar surface area (TPSA) is 257 Å². The van der Waals surface area contributed by atoms with Crippen LogP contribution >= 0.6 is 0 Å². The lowest BCUT2D eigenvalue weighted by molar-refractivity contribution is -0.500. The van der Waals surface area contributed by atoms with Crippen molar-refractivity contribution in [3.63, 3.8) is 0 Å². The van der Waals surface area contributed by atoms with Crippen molar-refractivity contribution in [2.75, 3.05) is 29.9 Å². The van der Waals surface area contributed by atoms with E-state index in [9.17, 15) is 42.8 Å². The predicted octanol–water partition coefficient (Wildman–Crippen LogP) is 1.26. The van der Waals surface area contributed by atoms with Gasteiger partial charge in [-0.1, -0.05) is 6.07 Å². The highest BCUT2D eigenvalue weighted by atomic mass is 32.2. The lowest BCUT2D eigenvalue weighted by atomic mass is 9.91. The van der Waals surface area contributed by atoms with Crippen LogP contribution in [0.3, 0.4) is 0 Å². The summed E-state index contributed by atoms with van der Waals surface area (Å²) in [5, 5.41) is 3.94. The summed E-state index contributed by atoms with van der Waals surface area (Å²) in [5.41, 5.74) is 2.27. The van der Waals surface area contributed by atoms with Crippen LogP contribution in [0.25, 0.3) is 33.4 Å². The van der Waals surface area contributed by atoms with E-state index in [4.69, 9.17) is 13.5 Å². The van der Waals surface area contributed by atoms with E-state index in [2.05, 4.69) is 10.3 Å². The van der Waals surface area contributed by atoms with Crippen molar-refractivity contribution in [2.24, 2.45) is 0 Å². The number of hydrogen-bond acceptors (Lipinski definition) is 10. The summed E-state index contributed by atoms with van der Waals surface area (Å²) in [5.74, 6) is -0.694. The van der Waals surface area contributed by atoms with Crippen molar-refractivity contribution in [1.82, 2.24) is 0 Å². The third kappa shape index (κ3) is 8.28. The average molecular weight is 720 g/mol. The molecule has 0 amide bonds. The molecule has 0 radical (unpaired) electrons. The second-order valence-corrected chi connectivity index (χ2v) is 16.4. The average Bonchev–Trinajstić information content (AvgIpc) is 2.92. The first-order valence-electron chi connectivity index (χ1n) is 13.5. The van der Waals surface area contributed by atoms with Crippen LogP contribution in [0.2, 0.25) is 0 Å². The summed E-state index contributed by atoms with van der Waals surface area (Å²) in [6.07, 6.45) is 0.167. The molecule has 0 atom stereocenters. The van der Waals surface area contributed by atoms with Gasteiger partial charge in [-0.3, -0.25) is 18.2 Å². The highest BCUT2D eigenvalue weighted by Gasteiger charge is 2.28. The number of benzene rings is 3. The number of anilines is 1. The zero-order valence-electron chi connectivity index (χ0n) is 24.4. The molecule has 6 N–H and O–H groups in total. The summed E-state index contributed by atoms with van der Waals surface area (Å²) in [6.45, 7) is 3.69. The third-order valence-corrected chi connectivity index (χ3v) is 10.5. The molecule has 15 nitrogen and oxygen atoms in total. The van der Waals surface area contributed by atoms with Crippen LogP contribution in [-0.4, -0.2) is 76.5 Å². The van der Waals surface area contributed by atoms with E-state index in [1.54, 1.807) is 38.1 Å². The lowest BCUT2D eigenvalue weighted by Gasteiger charge is -2.20. The molecule has 46 heavy (non-hydrogen) atoms. The minimum atomic E-state index is -5.06. The summed E-state index contributed by atoms with van der Waals surface area (Å²) in [7, 11) is -18.2. The maximum Gasteiger partial charge on any atom is 0.295 e. The maximum atomic E-state index is 12.6. The molecular formula is C27H31N2O13S4+. The Morgan fingerprint density at radius 3 is 1.98 bits per heavy atom. The SMILES string of the molecule is Cc1c2oc3c(C)c(NCCCS(=O)(=O)O)ccc3c(-c3ccc(S(=O)(=O)O)cc3S(=O)(=O)O)c-2ccc1=[NH+]CCCS(=O)(=O)O. The van der Waals surface area contributed by atoms with E-state index < -0.39 is 61.8 Å². The van der Waals surface area contributed by atoms with Crippen molar-refractivity contribution < 1.29 is 61.3 Å². The van der Waals surface area contributed by atoms with E-state index >= 15 is 0 Å². The Balaban J connectivity index is 2.02. The first kappa shape index (κ1) is 35.4. The molecule has 2 aliphatic rings. The zero-order chi connectivity index (χ0) is 34.2. The molecule has 0 bridgehead atoms. The summed E-state index contributed by atoms with van der Waals surface area (Å²) in [6, 6.07) is 9.20. The van der Waals surface area contributed by atoms with E-state index in [0.717, 1.165) is 12.1 Å². The largest absolute Gasteiger partial charge is 0.455 e. The fraction of sp³-hybridized carbons (Fsp3) is 0.296. The van der Waals surface area contributed by atoms with Gasteiger partial charge >= 0.3 is 0 Å². The molecule has 0 saturated carbocycles. The van der Waals surface area contributed by atoms with Crippen LogP contribution in [0, 0.1) is 13.8 Å². The van der Waals surface area contributed by atoms with E-state index in [1.165, 1.54) is 0 Å². The second kappa shape index (κ2) is 13.0. The Labute approximate surface area is 265 Å². The first-order valence-corrected chi connectivity index (χ1v) is 19.6. The number of rotatable bonds is 12. The first-order chi connectivity index (χ1) is 21.2. The fourth-order valence-electron chi connectivity index (χ4n) is 5.00. The van der Waals surface area contributed by atoms with Crippen LogP contribution in [0.4, 0.5) is 5.69 Å². The van der Waals surface area contributed by atoms with Crippen molar-refractivity contribution in [3.8, 4) is 22.5 Å². The van der Waals surface area contributed by atoms with Gasteiger partial charge in [0.15, 0.2) is 0 Å². The highest BCUT2D eigenvalue weighted by Crippen LogP contribution is 2.45. The smallest absolute Gasteiger partial charge is 0.295 e. The zero-order valence-corrected chi connectivity index (χ0v) is 27.6. The number of aryl methyl sites for hydroxylation is 1. The van der Waals surface area contributed by atoms with E-state index in [0.29, 0.717) is 39.2 Å². The number of fused-ring (bicyclic) bond motifs is 2. The molecule has 2 aromatic carbocycles.